The molecule has 1 amide bonds. The molecule has 1 N–H and O–H groups in total. The minimum Gasteiger partial charge on any atom is -0.309 e. The largest absolute Gasteiger partial charge is 0.318 e. The molecule has 2 nitrogen and oxygen atoms in total. The average molecular weight is 242 g/mol. The zero-order valence-electron chi connectivity index (χ0n) is 6.07. The molecule has 0 bridgehead atoms. The van der Waals surface area contributed by atoms with Crippen molar-refractivity contribution in [1.29, 1.82) is 0 Å². The van der Waals surface area contributed by atoms with Gasteiger partial charge in [-0.2, -0.15) is 0 Å². The smallest absolute Gasteiger partial charge is 0.309 e. The third-order valence-corrected chi connectivity index (χ3v) is 1.84. The molecule has 6 heteroatoms. The number of hydrogen-bond donors (Lipinski definition) is 1. The zero-order chi connectivity index (χ0) is 10.0. The van der Waals surface area contributed by atoms with Crippen LogP contribution in [0, 0.1) is 5.82 Å². The van der Waals surface area contributed by atoms with Gasteiger partial charge in [0.2, 0.25) is 0 Å². The summed E-state index contributed by atoms with van der Waals surface area (Å²) in [7, 11) is 0. The number of anilines is 1. The molecule has 0 saturated heterocycles. The standard InChI is InChI=1S/C7H3Cl3FNO/c8-3-1-4(9)6(5(11)2-3)12-7(10)13/h1-2H,(H,12,13). The van der Waals surface area contributed by atoms with E-state index >= 15 is 0 Å². The summed E-state index contributed by atoms with van der Waals surface area (Å²) in [5.74, 6) is -0.730. The third-order valence-electron chi connectivity index (χ3n) is 1.23. The van der Waals surface area contributed by atoms with Crippen molar-refractivity contribution in [2.75, 3.05) is 5.32 Å². The number of rotatable bonds is 1. The Kier molecular flexibility index (Phi) is 3.36. The van der Waals surface area contributed by atoms with Crippen LogP contribution in [0.25, 0.3) is 0 Å². The van der Waals surface area contributed by atoms with E-state index in [1.54, 1.807) is 0 Å². The lowest BCUT2D eigenvalue weighted by Gasteiger charge is -2.05. The molecule has 0 atom stereocenters. The quantitative estimate of drug-likeness (QED) is 0.587. The second kappa shape index (κ2) is 4.13. The fourth-order valence-electron chi connectivity index (χ4n) is 0.760. The lowest BCUT2D eigenvalue weighted by atomic mass is 10.3. The Bertz CT molecular complexity index is 333. The first-order valence-corrected chi connectivity index (χ1v) is 4.25. The van der Waals surface area contributed by atoms with Crippen molar-refractivity contribution in [3.63, 3.8) is 0 Å². The summed E-state index contributed by atoms with van der Waals surface area (Å²) in [5.41, 5.74) is -0.175. The maximum absolute atomic E-state index is 13.0. The van der Waals surface area contributed by atoms with Crippen LogP contribution in [0.1, 0.15) is 0 Å². The molecule has 70 valence electrons. The van der Waals surface area contributed by atoms with Gasteiger partial charge in [-0.15, -0.1) is 0 Å². The van der Waals surface area contributed by atoms with Crippen molar-refractivity contribution in [1.82, 2.24) is 0 Å². The van der Waals surface area contributed by atoms with Crippen LogP contribution in [0.5, 0.6) is 0 Å². The van der Waals surface area contributed by atoms with Crippen molar-refractivity contribution in [3.8, 4) is 0 Å². The summed E-state index contributed by atoms with van der Waals surface area (Å²) in [6.07, 6.45) is 0. The van der Waals surface area contributed by atoms with Gasteiger partial charge in [0, 0.05) is 5.02 Å². The number of amides is 1. The monoisotopic (exact) mass is 241 g/mol. The van der Waals surface area contributed by atoms with Gasteiger partial charge in [0.1, 0.15) is 5.82 Å². The Morgan fingerprint density at radius 1 is 1.38 bits per heavy atom. The summed E-state index contributed by atoms with van der Waals surface area (Å²) in [6, 6.07) is 2.32. The molecule has 0 aliphatic carbocycles. The van der Waals surface area contributed by atoms with Gasteiger partial charge >= 0.3 is 5.37 Å². The van der Waals surface area contributed by atoms with Gasteiger partial charge < -0.3 is 5.32 Å². The molecule has 0 spiro atoms. The van der Waals surface area contributed by atoms with Gasteiger partial charge in [0.05, 0.1) is 10.7 Å². The van der Waals surface area contributed by atoms with Gasteiger partial charge in [-0.05, 0) is 23.7 Å². The van der Waals surface area contributed by atoms with Crippen LogP contribution >= 0.6 is 34.8 Å². The maximum atomic E-state index is 13.0. The highest BCUT2D eigenvalue weighted by Gasteiger charge is 2.10. The molecule has 0 saturated carbocycles. The first-order chi connectivity index (χ1) is 6.00. The molecule has 0 radical (unpaired) electrons. The van der Waals surface area contributed by atoms with E-state index in [-0.39, 0.29) is 15.7 Å². The number of halogens is 4. The Labute approximate surface area is 88.6 Å². The molecule has 0 aromatic heterocycles. The van der Waals surface area contributed by atoms with Crippen molar-refractivity contribution in [2.45, 2.75) is 0 Å². The number of nitrogens with one attached hydrogen (secondary N) is 1. The van der Waals surface area contributed by atoms with Crippen LogP contribution in [0.3, 0.4) is 0 Å². The molecule has 13 heavy (non-hydrogen) atoms. The summed E-state index contributed by atoms with van der Waals surface area (Å²) >= 11 is 16.1. The molecule has 0 fully saturated rings. The lowest BCUT2D eigenvalue weighted by molar-refractivity contribution is 0.269. The lowest BCUT2D eigenvalue weighted by Crippen LogP contribution is -2.03. The van der Waals surface area contributed by atoms with Crippen molar-refractivity contribution in [3.05, 3.63) is 28.0 Å². The molecular formula is C7H3Cl3FNO. The van der Waals surface area contributed by atoms with Crippen LogP contribution in [-0.2, 0) is 0 Å². The van der Waals surface area contributed by atoms with E-state index in [9.17, 15) is 9.18 Å². The van der Waals surface area contributed by atoms with Gasteiger partial charge in [0.15, 0.2) is 0 Å². The Morgan fingerprint density at radius 3 is 2.46 bits per heavy atom. The van der Waals surface area contributed by atoms with E-state index < -0.39 is 11.2 Å². The normalized spacial score (nSPS) is 9.85. The van der Waals surface area contributed by atoms with Crippen LogP contribution in [0.4, 0.5) is 14.9 Å². The van der Waals surface area contributed by atoms with Crippen LogP contribution in [-0.4, -0.2) is 5.37 Å². The van der Waals surface area contributed by atoms with Crippen LogP contribution in [0.2, 0.25) is 10.0 Å². The summed E-state index contributed by atoms with van der Waals surface area (Å²) in [6.45, 7) is 0. The van der Waals surface area contributed by atoms with Crippen molar-refractivity contribution >= 4 is 45.9 Å². The van der Waals surface area contributed by atoms with Crippen molar-refractivity contribution < 1.29 is 9.18 Å². The van der Waals surface area contributed by atoms with Crippen LogP contribution < -0.4 is 5.32 Å². The molecule has 0 aliphatic rings. The first-order valence-electron chi connectivity index (χ1n) is 3.11. The summed E-state index contributed by atoms with van der Waals surface area (Å²) < 4.78 is 13.0. The molecular weight excluding hydrogens is 239 g/mol. The number of carbonyl (C=O) groups is 1. The topological polar surface area (TPSA) is 29.1 Å². The number of carbonyl (C=O) groups excluding carboxylic acids is 1. The van der Waals surface area contributed by atoms with E-state index in [4.69, 9.17) is 34.8 Å². The summed E-state index contributed by atoms with van der Waals surface area (Å²) in [5, 5.41) is 1.26. The SMILES string of the molecule is O=C(Cl)Nc1c(F)cc(Cl)cc1Cl. The zero-order valence-corrected chi connectivity index (χ0v) is 8.34. The van der Waals surface area contributed by atoms with Gasteiger partial charge in [-0.1, -0.05) is 23.2 Å². The highest BCUT2D eigenvalue weighted by molar-refractivity contribution is 6.66. The van der Waals surface area contributed by atoms with Crippen LogP contribution in [0.15, 0.2) is 12.1 Å². The van der Waals surface area contributed by atoms with Crippen molar-refractivity contribution in [2.24, 2.45) is 0 Å². The van der Waals surface area contributed by atoms with E-state index in [0.717, 1.165) is 6.07 Å². The second-order valence-electron chi connectivity index (χ2n) is 2.14. The predicted octanol–water partition coefficient (Wildman–Crippen LogP) is 3.90. The minimum absolute atomic E-state index is 0.000926. The first kappa shape index (κ1) is 10.6. The molecule has 1 rings (SSSR count). The van der Waals surface area contributed by atoms with E-state index in [1.165, 1.54) is 6.07 Å². The molecule has 0 aliphatic heterocycles. The van der Waals surface area contributed by atoms with E-state index in [2.05, 4.69) is 0 Å². The van der Waals surface area contributed by atoms with E-state index in [1.807, 2.05) is 5.32 Å². The molecule has 0 unspecified atom stereocenters. The van der Waals surface area contributed by atoms with E-state index in [0.29, 0.717) is 0 Å². The Morgan fingerprint density at radius 2 is 2.00 bits per heavy atom. The number of benzene rings is 1. The Balaban J connectivity index is 3.13. The fraction of sp³-hybridized carbons (Fsp3) is 0. The fourth-order valence-corrected chi connectivity index (χ4v) is 1.37. The minimum atomic E-state index is -0.914. The van der Waals surface area contributed by atoms with Gasteiger partial charge in [-0.25, -0.2) is 4.39 Å². The predicted molar refractivity (Wildman–Crippen MR) is 51.3 cm³/mol. The Hall–Kier alpha value is -0.510. The van der Waals surface area contributed by atoms with Gasteiger partial charge in [0.25, 0.3) is 0 Å². The van der Waals surface area contributed by atoms with Gasteiger partial charge in [-0.3, -0.25) is 4.79 Å². The summed E-state index contributed by atoms with van der Waals surface area (Å²) in [4.78, 5) is 10.4. The second-order valence-corrected chi connectivity index (χ2v) is 3.33. The highest BCUT2D eigenvalue weighted by Crippen LogP contribution is 2.29. The molecule has 1 aromatic rings. The molecule has 1 aromatic carbocycles. The third kappa shape index (κ3) is 2.72. The highest BCUT2D eigenvalue weighted by atomic mass is 35.5. The maximum Gasteiger partial charge on any atom is 0.318 e. The average Bonchev–Trinajstić information content (AvgIpc) is 1.96. The number of hydrogen-bond acceptors (Lipinski definition) is 1. The molecule has 0 heterocycles.